The predicted molar refractivity (Wildman–Crippen MR) is 63.0 cm³/mol. The van der Waals surface area contributed by atoms with Crippen molar-refractivity contribution in [2.45, 2.75) is 17.9 Å². The molecule has 0 aliphatic carbocycles. The molecule has 0 amide bonds. The lowest BCUT2D eigenvalue weighted by Crippen LogP contribution is -2.15. The van der Waals surface area contributed by atoms with Crippen molar-refractivity contribution in [3.8, 4) is 0 Å². The lowest BCUT2D eigenvalue weighted by Gasteiger charge is -2.07. The van der Waals surface area contributed by atoms with Crippen LogP contribution in [0.5, 0.6) is 0 Å². The normalized spacial score (nSPS) is 19.5. The monoisotopic (exact) mass is 287 g/mol. The Kier molecular flexibility index (Phi) is 2.48. The Bertz CT molecular complexity index is 547. The number of hydrogen-bond donors (Lipinski definition) is 1. The van der Waals surface area contributed by atoms with E-state index in [2.05, 4.69) is 15.9 Å². The molecule has 1 aromatic rings. The Labute approximate surface area is 97.0 Å². The third-order valence-corrected chi connectivity index (χ3v) is 4.34. The van der Waals surface area contributed by atoms with Crippen molar-refractivity contribution < 1.29 is 8.42 Å². The first-order valence-corrected chi connectivity index (χ1v) is 6.78. The van der Waals surface area contributed by atoms with E-state index in [1.54, 1.807) is 19.1 Å². The van der Waals surface area contributed by atoms with Crippen molar-refractivity contribution in [3.63, 3.8) is 0 Å². The largest absolute Gasteiger partial charge is 0.324 e. The maximum Gasteiger partial charge on any atom is 0.200 e. The van der Waals surface area contributed by atoms with Gasteiger partial charge in [0.15, 0.2) is 0 Å². The zero-order valence-corrected chi connectivity index (χ0v) is 10.5. The second-order valence-electron chi connectivity index (χ2n) is 3.55. The van der Waals surface area contributed by atoms with Crippen LogP contribution < -0.4 is 5.73 Å². The van der Waals surface area contributed by atoms with E-state index < -0.39 is 9.84 Å². The zero-order chi connectivity index (χ0) is 11.2. The molecule has 2 N–H and O–H groups in total. The highest BCUT2D eigenvalue weighted by atomic mass is 79.9. The summed E-state index contributed by atoms with van der Waals surface area (Å²) in [5, 5.41) is 1.26. The zero-order valence-electron chi connectivity index (χ0n) is 8.07. The van der Waals surface area contributed by atoms with Crippen molar-refractivity contribution in [2.24, 2.45) is 5.73 Å². The molecule has 1 aromatic carbocycles. The molecule has 2 rings (SSSR count). The van der Waals surface area contributed by atoms with Crippen LogP contribution in [-0.4, -0.2) is 14.5 Å². The number of nitrogens with two attached hydrogens (primary N) is 1. The molecule has 0 radical (unpaired) electrons. The molecule has 1 aliphatic heterocycles. The lowest BCUT2D eigenvalue weighted by atomic mass is 10.0. The van der Waals surface area contributed by atoms with Gasteiger partial charge in [-0.15, -0.1) is 0 Å². The third kappa shape index (κ3) is 1.75. The van der Waals surface area contributed by atoms with E-state index in [-0.39, 0.29) is 6.04 Å². The van der Waals surface area contributed by atoms with Crippen molar-refractivity contribution >= 4 is 31.3 Å². The van der Waals surface area contributed by atoms with Crippen LogP contribution in [0.2, 0.25) is 0 Å². The first kappa shape index (κ1) is 10.9. The van der Waals surface area contributed by atoms with Crippen LogP contribution in [0.15, 0.2) is 33.0 Å². The molecule has 80 valence electrons. The van der Waals surface area contributed by atoms with E-state index in [1.807, 2.05) is 6.07 Å². The van der Waals surface area contributed by atoms with Crippen LogP contribution in [0.4, 0.5) is 0 Å². The molecule has 5 heteroatoms. The van der Waals surface area contributed by atoms with Crippen molar-refractivity contribution in [1.29, 1.82) is 0 Å². The first-order chi connectivity index (χ1) is 6.92. The van der Waals surface area contributed by atoms with Gasteiger partial charge in [0, 0.05) is 15.9 Å². The van der Waals surface area contributed by atoms with Gasteiger partial charge in [-0.1, -0.05) is 22.0 Å². The number of benzene rings is 1. The molecule has 0 bridgehead atoms. The topological polar surface area (TPSA) is 60.2 Å². The van der Waals surface area contributed by atoms with Gasteiger partial charge in [0.2, 0.25) is 9.84 Å². The van der Waals surface area contributed by atoms with E-state index >= 15 is 0 Å². The number of hydrogen-bond acceptors (Lipinski definition) is 3. The third-order valence-electron chi connectivity index (χ3n) is 2.33. The summed E-state index contributed by atoms with van der Waals surface area (Å²) in [5.41, 5.74) is 7.12. The molecule has 0 aromatic heterocycles. The Morgan fingerprint density at radius 3 is 2.67 bits per heavy atom. The summed E-state index contributed by atoms with van der Waals surface area (Å²) in [6.07, 6.45) is 0. The summed E-state index contributed by atoms with van der Waals surface area (Å²) in [5.74, 6) is 0. The molecule has 0 saturated carbocycles. The summed E-state index contributed by atoms with van der Waals surface area (Å²) >= 11 is 3.25. The quantitative estimate of drug-likeness (QED) is 0.859. The van der Waals surface area contributed by atoms with E-state index in [9.17, 15) is 8.42 Å². The molecule has 0 saturated heterocycles. The summed E-state index contributed by atoms with van der Waals surface area (Å²) in [4.78, 5) is 0.337. The lowest BCUT2D eigenvalue weighted by molar-refractivity contribution is 0.605. The molecule has 1 atom stereocenters. The van der Waals surface area contributed by atoms with Crippen molar-refractivity contribution in [1.82, 2.24) is 0 Å². The highest BCUT2D eigenvalue weighted by Gasteiger charge is 2.28. The number of sulfone groups is 1. The molecule has 1 unspecified atom stereocenters. The fourth-order valence-corrected chi connectivity index (χ4v) is 3.72. The second-order valence-corrected chi connectivity index (χ2v) is 6.23. The van der Waals surface area contributed by atoms with E-state index in [1.165, 1.54) is 5.41 Å². The number of fused-ring (bicyclic) bond motifs is 1. The molecule has 15 heavy (non-hydrogen) atoms. The second kappa shape index (κ2) is 3.43. The SMILES string of the molecule is CC(N)C1=CS(=O)(=O)c2cc(Br)ccc21. The maximum absolute atomic E-state index is 11.8. The van der Waals surface area contributed by atoms with Gasteiger partial charge in [0.25, 0.3) is 0 Å². The highest BCUT2D eigenvalue weighted by molar-refractivity contribution is 9.10. The Morgan fingerprint density at radius 1 is 1.40 bits per heavy atom. The molecular weight excluding hydrogens is 278 g/mol. The first-order valence-electron chi connectivity index (χ1n) is 4.44. The highest BCUT2D eigenvalue weighted by Crippen LogP contribution is 2.36. The van der Waals surface area contributed by atoms with Gasteiger partial charge in [-0.05, 0) is 30.2 Å². The summed E-state index contributed by atoms with van der Waals surface area (Å²) < 4.78 is 24.3. The number of halogens is 1. The predicted octanol–water partition coefficient (Wildman–Crippen LogP) is 1.92. The molecule has 0 spiro atoms. The molecule has 1 aliphatic rings. The standard InChI is InChI=1S/C10H10BrNO2S/c1-6(12)9-5-15(13,14)10-4-7(11)2-3-8(9)10/h2-6H,12H2,1H3. The maximum atomic E-state index is 11.8. The van der Waals surface area contributed by atoms with Gasteiger partial charge in [-0.2, -0.15) is 0 Å². The van der Waals surface area contributed by atoms with Crippen LogP contribution in [-0.2, 0) is 9.84 Å². The van der Waals surface area contributed by atoms with Crippen LogP contribution in [0.1, 0.15) is 12.5 Å². The van der Waals surface area contributed by atoms with Gasteiger partial charge >= 0.3 is 0 Å². The van der Waals surface area contributed by atoms with Gasteiger partial charge in [-0.25, -0.2) is 8.42 Å². The molecule has 1 heterocycles. The Morgan fingerprint density at radius 2 is 2.07 bits per heavy atom. The minimum Gasteiger partial charge on any atom is -0.324 e. The summed E-state index contributed by atoms with van der Waals surface area (Å²) in [6.45, 7) is 1.78. The molecular formula is C10H10BrNO2S. The summed E-state index contributed by atoms with van der Waals surface area (Å²) in [7, 11) is -3.29. The van der Waals surface area contributed by atoms with Gasteiger partial charge in [0.05, 0.1) is 4.90 Å². The van der Waals surface area contributed by atoms with Crippen LogP contribution >= 0.6 is 15.9 Å². The van der Waals surface area contributed by atoms with Gasteiger partial charge in [-0.3, -0.25) is 0 Å². The smallest absolute Gasteiger partial charge is 0.200 e. The van der Waals surface area contributed by atoms with E-state index in [0.29, 0.717) is 16.0 Å². The average molecular weight is 288 g/mol. The fourth-order valence-electron chi connectivity index (χ4n) is 1.62. The van der Waals surface area contributed by atoms with Gasteiger partial charge < -0.3 is 5.73 Å². The summed E-state index contributed by atoms with van der Waals surface area (Å²) in [6, 6.07) is 4.92. The van der Waals surface area contributed by atoms with Crippen LogP contribution in [0.25, 0.3) is 5.57 Å². The Balaban J connectivity index is 2.73. The minimum atomic E-state index is -3.29. The Hall–Kier alpha value is -0.650. The van der Waals surface area contributed by atoms with Crippen molar-refractivity contribution in [3.05, 3.63) is 33.6 Å². The minimum absolute atomic E-state index is 0.276. The number of rotatable bonds is 1. The van der Waals surface area contributed by atoms with E-state index in [0.717, 1.165) is 4.47 Å². The van der Waals surface area contributed by atoms with Gasteiger partial charge in [0.1, 0.15) is 0 Å². The van der Waals surface area contributed by atoms with Crippen molar-refractivity contribution in [2.75, 3.05) is 0 Å². The van der Waals surface area contributed by atoms with E-state index in [4.69, 9.17) is 5.73 Å². The average Bonchev–Trinajstić information content (AvgIpc) is 2.39. The van der Waals surface area contributed by atoms with Crippen LogP contribution in [0.3, 0.4) is 0 Å². The fraction of sp³-hybridized carbons (Fsp3) is 0.200. The molecule has 0 fully saturated rings. The van der Waals surface area contributed by atoms with Crippen LogP contribution in [0, 0.1) is 0 Å². The molecule has 3 nitrogen and oxygen atoms in total.